The Labute approximate surface area is 200 Å². The van der Waals surface area contributed by atoms with Crippen LogP contribution in [-0.4, -0.2) is 26.7 Å². The van der Waals surface area contributed by atoms with Crippen molar-refractivity contribution in [3.8, 4) is 28.6 Å². The first-order valence-electron chi connectivity index (χ1n) is 10.4. The summed E-state index contributed by atoms with van der Waals surface area (Å²) in [5.74, 6) is 0.649. The lowest BCUT2D eigenvalue weighted by molar-refractivity contribution is -0.123. The fourth-order valence-corrected chi connectivity index (χ4v) is 3.61. The van der Waals surface area contributed by atoms with Crippen LogP contribution in [0.1, 0.15) is 5.56 Å². The highest BCUT2D eigenvalue weighted by Crippen LogP contribution is 2.37. The van der Waals surface area contributed by atoms with Gasteiger partial charge in [0.05, 0.1) is 19.6 Å². The van der Waals surface area contributed by atoms with Crippen LogP contribution < -0.4 is 25.0 Å². The van der Waals surface area contributed by atoms with E-state index in [1.54, 1.807) is 30.3 Å². The molecule has 34 heavy (non-hydrogen) atoms. The standard InChI is InChI=1S/C26H22ClNO6/c1-31-21-10-8-17(12-22(21)32-2)25-26(24(30)19-13-18(27)9-11-20(19)34-25)33-15-23(29)28-14-16-6-4-3-5-7-16/h3-13H,14-15H2,1-2H3,(H,28,29). The van der Waals surface area contributed by atoms with Crippen LogP contribution in [0.2, 0.25) is 5.02 Å². The molecule has 4 aromatic rings. The maximum absolute atomic E-state index is 13.3. The summed E-state index contributed by atoms with van der Waals surface area (Å²) in [5.41, 5.74) is 1.36. The molecule has 1 aromatic heterocycles. The summed E-state index contributed by atoms with van der Waals surface area (Å²) in [6, 6.07) is 19.3. The van der Waals surface area contributed by atoms with Crippen molar-refractivity contribution in [2.75, 3.05) is 20.8 Å². The number of carbonyl (C=O) groups excluding carboxylic acids is 1. The molecule has 0 bridgehead atoms. The molecule has 0 saturated heterocycles. The molecule has 3 aromatic carbocycles. The van der Waals surface area contributed by atoms with Crippen molar-refractivity contribution in [3.63, 3.8) is 0 Å². The van der Waals surface area contributed by atoms with Crippen molar-refractivity contribution in [1.29, 1.82) is 0 Å². The molecule has 8 heteroatoms. The van der Waals surface area contributed by atoms with Gasteiger partial charge in [-0.2, -0.15) is 0 Å². The SMILES string of the molecule is COc1ccc(-c2oc3ccc(Cl)cc3c(=O)c2OCC(=O)NCc2ccccc2)cc1OC. The van der Waals surface area contributed by atoms with E-state index >= 15 is 0 Å². The lowest BCUT2D eigenvalue weighted by Gasteiger charge is -2.14. The van der Waals surface area contributed by atoms with E-state index in [-0.39, 0.29) is 29.4 Å². The summed E-state index contributed by atoms with van der Waals surface area (Å²) < 4.78 is 22.4. The maximum atomic E-state index is 13.3. The van der Waals surface area contributed by atoms with Crippen LogP contribution in [0.25, 0.3) is 22.3 Å². The number of halogens is 1. The lowest BCUT2D eigenvalue weighted by Crippen LogP contribution is -2.29. The molecule has 1 N–H and O–H groups in total. The molecule has 174 valence electrons. The molecule has 0 radical (unpaired) electrons. The third-order valence-electron chi connectivity index (χ3n) is 5.14. The van der Waals surface area contributed by atoms with E-state index in [4.69, 9.17) is 30.2 Å². The number of nitrogens with one attached hydrogen (secondary N) is 1. The highest BCUT2D eigenvalue weighted by atomic mass is 35.5. The van der Waals surface area contributed by atoms with Crippen LogP contribution in [0.4, 0.5) is 0 Å². The third kappa shape index (κ3) is 5.00. The summed E-state index contributed by atoms with van der Waals surface area (Å²) in [4.78, 5) is 25.7. The van der Waals surface area contributed by atoms with E-state index in [2.05, 4.69) is 5.32 Å². The molecule has 0 unspecified atom stereocenters. The molecule has 0 aliphatic carbocycles. The van der Waals surface area contributed by atoms with Gasteiger partial charge in [0.25, 0.3) is 5.91 Å². The summed E-state index contributed by atoms with van der Waals surface area (Å²) in [7, 11) is 3.04. The van der Waals surface area contributed by atoms with Gasteiger partial charge in [-0.1, -0.05) is 41.9 Å². The number of rotatable bonds is 8. The van der Waals surface area contributed by atoms with Crippen LogP contribution in [0.15, 0.2) is 75.9 Å². The molecule has 0 fully saturated rings. The zero-order chi connectivity index (χ0) is 24.1. The Morgan fingerprint density at radius 2 is 1.74 bits per heavy atom. The number of hydrogen-bond acceptors (Lipinski definition) is 6. The van der Waals surface area contributed by atoms with Gasteiger partial charge in [0, 0.05) is 17.1 Å². The fourth-order valence-electron chi connectivity index (χ4n) is 3.43. The Morgan fingerprint density at radius 3 is 2.47 bits per heavy atom. The molecule has 4 rings (SSSR count). The number of methoxy groups -OCH3 is 2. The Kier molecular flexibility index (Phi) is 7.04. The van der Waals surface area contributed by atoms with E-state index in [0.717, 1.165) is 5.56 Å². The van der Waals surface area contributed by atoms with E-state index in [1.165, 1.54) is 20.3 Å². The summed E-state index contributed by atoms with van der Waals surface area (Å²) in [5, 5.41) is 3.40. The topological polar surface area (TPSA) is 87.0 Å². The van der Waals surface area contributed by atoms with E-state index in [1.807, 2.05) is 30.3 Å². The average molecular weight is 480 g/mol. The molecule has 0 aliphatic rings. The van der Waals surface area contributed by atoms with Crippen molar-refractivity contribution in [2.45, 2.75) is 6.54 Å². The zero-order valence-corrected chi connectivity index (χ0v) is 19.3. The molecule has 1 amide bonds. The molecule has 7 nitrogen and oxygen atoms in total. The predicted octanol–water partition coefficient (Wildman–Crippen LogP) is 4.83. The highest BCUT2D eigenvalue weighted by molar-refractivity contribution is 6.31. The van der Waals surface area contributed by atoms with Crippen LogP contribution >= 0.6 is 11.6 Å². The predicted molar refractivity (Wildman–Crippen MR) is 130 cm³/mol. The van der Waals surface area contributed by atoms with Gasteiger partial charge in [0.15, 0.2) is 23.9 Å². The van der Waals surface area contributed by atoms with E-state index in [0.29, 0.717) is 34.2 Å². The quantitative estimate of drug-likeness (QED) is 0.389. The summed E-state index contributed by atoms with van der Waals surface area (Å²) >= 11 is 6.08. The van der Waals surface area contributed by atoms with Gasteiger partial charge in [-0.05, 0) is 42.0 Å². The molecular weight excluding hydrogens is 458 g/mol. The van der Waals surface area contributed by atoms with Gasteiger partial charge in [-0.3, -0.25) is 9.59 Å². The second-order valence-corrected chi connectivity index (χ2v) is 7.79. The summed E-state index contributed by atoms with van der Waals surface area (Å²) in [6.07, 6.45) is 0. The Morgan fingerprint density at radius 1 is 0.971 bits per heavy atom. The number of amides is 1. The molecule has 0 aliphatic heterocycles. The van der Waals surface area contributed by atoms with Gasteiger partial charge < -0.3 is 23.9 Å². The second-order valence-electron chi connectivity index (χ2n) is 7.35. The van der Waals surface area contributed by atoms with Crippen molar-refractivity contribution >= 4 is 28.5 Å². The number of fused-ring (bicyclic) bond motifs is 1. The van der Waals surface area contributed by atoms with Crippen LogP contribution in [0, 0.1) is 0 Å². The Hall–Kier alpha value is -3.97. The molecule has 1 heterocycles. The van der Waals surface area contributed by atoms with Crippen LogP contribution in [0.3, 0.4) is 0 Å². The van der Waals surface area contributed by atoms with E-state index in [9.17, 15) is 9.59 Å². The second kappa shape index (κ2) is 10.3. The Bertz CT molecular complexity index is 1380. The monoisotopic (exact) mass is 479 g/mol. The molecular formula is C26H22ClNO6. The largest absolute Gasteiger partial charge is 0.493 e. The van der Waals surface area contributed by atoms with Gasteiger partial charge in [-0.15, -0.1) is 0 Å². The third-order valence-corrected chi connectivity index (χ3v) is 5.37. The first-order chi connectivity index (χ1) is 16.5. The molecule has 0 spiro atoms. The average Bonchev–Trinajstić information content (AvgIpc) is 2.87. The van der Waals surface area contributed by atoms with Gasteiger partial charge >= 0.3 is 0 Å². The van der Waals surface area contributed by atoms with Gasteiger partial charge in [0.1, 0.15) is 5.58 Å². The maximum Gasteiger partial charge on any atom is 0.258 e. The van der Waals surface area contributed by atoms with Crippen molar-refractivity contribution in [3.05, 3.63) is 87.5 Å². The number of carbonyl (C=O) groups is 1. The minimum absolute atomic E-state index is 0.100. The number of hydrogen-bond donors (Lipinski definition) is 1. The van der Waals surface area contributed by atoms with Gasteiger partial charge in [0.2, 0.25) is 11.2 Å². The minimum Gasteiger partial charge on any atom is -0.493 e. The fraction of sp³-hybridized carbons (Fsp3) is 0.154. The van der Waals surface area contributed by atoms with Gasteiger partial charge in [-0.25, -0.2) is 0 Å². The zero-order valence-electron chi connectivity index (χ0n) is 18.6. The van der Waals surface area contributed by atoms with Crippen molar-refractivity contribution in [1.82, 2.24) is 5.32 Å². The van der Waals surface area contributed by atoms with Crippen LogP contribution in [-0.2, 0) is 11.3 Å². The summed E-state index contributed by atoms with van der Waals surface area (Å²) in [6.45, 7) is -0.0303. The number of benzene rings is 3. The first-order valence-corrected chi connectivity index (χ1v) is 10.8. The number of ether oxygens (including phenoxy) is 3. The normalized spacial score (nSPS) is 10.7. The smallest absolute Gasteiger partial charge is 0.258 e. The minimum atomic E-state index is -0.440. The first kappa shape index (κ1) is 23.2. The van der Waals surface area contributed by atoms with Crippen molar-refractivity contribution in [2.24, 2.45) is 0 Å². The van der Waals surface area contributed by atoms with Crippen molar-refractivity contribution < 1.29 is 23.4 Å². The molecule has 0 saturated carbocycles. The highest BCUT2D eigenvalue weighted by Gasteiger charge is 2.20. The molecule has 0 atom stereocenters. The van der Waals surface area contributed by atoms with Crippen LogP contribution in [0.5, 0.6) is 17.2 Å². The van der Waals surface area contributed by atoms with E-state index < -0.39 is 5.43 Å². The Balaban J connectivity index is 1.68. The lowest BCUT2D eigenvalue weighted by atomic mass is 10.1.